The average molecular weight is 210 g/mol. The van der Waals surface area contributed by atoms with Gasteiger partial charge in [0, 0.05) is 6.54 Å². The number of unbranched alkanes of at least 4 members (excludes halogenated alkanes) is 1. The molecule has 1 heterocycles. The summed E-state index contributed by atoms with van der Waals surface area (Å²) in [6.45, 7) is 5.51. The van der Waals surface area contributed by atoms with E-state index >= 15 is 0 Å². The third-order valence-electron chi connectivity index (χ3n) is 1.93. The Labute approximate surface area is 90.1 Å². The maximum Gasteiger partial charge on any atom is 0.242 e. The molecule has 0 unspecified atom stereocenters. The van der Waals surface area contributed by atoms with Gasteiger partial charge in [-0.15, -0.1) is 0 Å². The first kappa shape index (κ1) is 11.6. The Morgan fingerprint density at radius 3 is 2.87 bits per heavy atom. The first-order chi connectivity index (χ1) is 7.29. The molecule has 0 aliphatic rings. The quantitative estimate of drug-likeness (QED) is 0.699. The monoisotopic (exact) mass is 210 g/mol. The molecule has 1 aromatic heterocycles. The highest BCUT2D eigenvalue weighted by Gasteiger charge is 2.07. The van der Waals surface area contributed by atoms with Crippen molar-refractivity contribution < 1.29 is 4.74 Å². The number of nitrogens with one attached hydrogen (secondary N) is 1. The van der Waals surface area contributed by atoms with Gasteiger partial charge < -0.3 is 15.8 Å². The van der Waals surface area contributed by atoms with Crippen LogP contribution in [0, 0.1) is 0 Å². The van der Waals surface area contributed by atoms with Crippen LogP contribution < -0.4 is 15.8 Å². The molecule has 0 spiro atoms. The van der Waals surface area contributed by atoms with Crippen molar-refractivity contribution in [3.63, 3.8) is 0 Å². The van der Waals surface area contributed by atoms with Crippen LogP contribution in [-0.4, -0.2) is 23.1 Å². The van der Waals surface area contributed by atoms with E-state index in [4.69, 9.17) is 10.5 Å². The summed E-state index contributed by atoms with van der Waals surface area (Å²) in [5, 5.41) is 3.05. The normalized spacial score (nSPS) is 10.0. The summed E-state index contributed by atoms with van der Waals surface area (Å²) in [6, 6.07) is 0. The Hall–Kier alpha value is -1.52. The van der Waals surface area contributed by atoms with Crippen LogP contribution in [-0.2, 0) is 0 Å². The van der Waals surface area contributed by atoms with Gasteiger partial charge in [0.15, 0.2) is 5.82 Å². The molecule has 84 valence electrons. The molecule has 1 rings (SSSR count). The highest BCUT2D eigenvalue weighted by atomic mass is 16.5. The zero-order valence-electron chi connectivity index (χ0n) is 9.29. The summed E-state index contributed by atoms with van der Waals surface area (Å²) in [4.78, 5) is 8.02. The number of nitrogen functional groups attached to an aromatic ring is 1. The van der Waals surface area contributed by atoms with Crippen molar-refractivity contribution in [2.75, 3.05) is 24.2 Å². The van der Waals surface area contributed by atoms with Gasteiger partial charge in [0.25, 0.3) is 0 Å². The molecule has 5 heteroatoms. The first-order valence-electron chi connectivity index (χ1n) is 5.26. The van der Waals surface area contributed by atoms with Crippen molar-refractivity contribution in [1.82, 2.24) is 9.97 Å². The summed E-state index contributed by atoms with van der Waals surface area (Å²) in [7, 11) is 0. The first-order valence-corrected chi connectivity index (χ1v) is 5.26. The van der Waals surface area contributed by atoms with Gasteiger partial charge in [-0.2, -0.15) is 4.98 Å². The van der Waals surface area contributed by atoms with E-state index in [0.717, 1.165) is 19.4 Å². The zero-order valence-corrected chi connectivity index (χ0v) is 9.29. The second-order valence-corrected chi connectivity index (χ2v) is 3.17. The molecular weight excluding hydrogens is 192 g/mol. The minimum absolute atomic E-state index is 0.467. The minimum atomic E-state index is 0.467. The van der Waals surface area contributed by atoms with E-state index in [-0.39, 0.29) is 0 Å². The Morgan fingerprint density at radius 2 is 2.20 bits per heavy atom. The molecule has 0 saturated heterocycles. The molecule has 3 N–H and O–H groups in total. The Morgan fingerprint density at radius 1 is 1.40 bits per heavy atom. The number of hydrogen-bond donors (Lipinski definition) is 2. The van der Waals surface area contributed by atoms with Gasteiger partial charge in [-0.3, -0.25) is 0 Å². The summed E-state index contributed by atoms with van der Waals surface area (Å²) < 4.78 is 5.45. The number of aromatic nitrogens is 2. The van der Waals surface area contributed by atoms with E-state index in [1.165, 1.54) is 6.33 Å². The predicted molar refractivity (Wildman–Crippen MR) is 61.0 cm³/mol. The maximum atomic E-state index is 5.84. The van der Waals surface area contributed by atoms with Crippen LogP contribution >= 0.6 is 0 Å². The molecule has 0 aliphatic carbocycles. The van der Waals surface area contributed by atoms with E-state index in [1.807, 2.05) is 6.92 Å². The molecule has 0 atom stereocenters. The molecule has 1 aromatic rings. The molecule has 15 heavy (non-hydrogen) atoms. The number of nitrogens with two attached hydrogens (primary N) is 1. The van der Waals surface area contributed by atoms with E-state index in [0.29, 0.717) is 24.0 Å². The zero-order chi connectivity index (χ0) is 11.1. The van der Waals surface area contributed by atoms with Crippen LogP contribution in [0.25, 0.3) is 0 Å². The molecule has 0 radical (unpaired) electrons. The Kier molecular flexibility index (Phi) is 4.66. The molecule has 0 aromatic carbocycles. The number of rotatable bonds is 6. The summed E-state index contributed by atoms with van der Waals surface area (Å²) in [5.74, 6) is 1.10. The van der Waals surface area contributed by atoms with Crippen molar-refractivity contribution in [2.45, 2.75) is 26.7 Å². The fourth-order valence-electron chi connectivity index (χ4n) is 1.12. The molecule has 5 nitrogen and oxygen atoms in total. The minimum Gasteiger partial charge on any atom is -0.476 e. The fourth-order valence-corrected chi connectivity index (χ4v) is 1.12. The SMILES string of the molecule is CCCCOc1ncnc(NCC)c1N. The summed E-state index contributed by atoms with van der Waals surface area (Å²) in [6.07, 6.45) is 3.54. The standard InChI is InChI=1S/C10H18N4O/c1-3-5-6-15-10-8(11)9(12-4-2)13-7-14-10/h7H,3-6,11H2,1-2H3,(H,12,13,14). The van der Waals surface area contributed by atoms with Gasteiger partial charge >= 0.3 is 0 Å². The van der Waals surface area contributed by atoms with Gasteiger partial charge in [-0.25, -0.2) is 4.98 Å². The van der Waals surface area contributed by atoms with Gasteiger partial charge in [-0.05, 0) is 13.3 Å². The van der Waals surface area contributed by atoms with Crippen LogP contribution in [0.5, 0.6) is 5.88 Å². The fraction of sp³-hybridized carbons (Fsp3) is 0.600. The third-order valence-corrected chi connectivity index (χ3v) is 1.93. The second-order valence-electron chi connectivity index (χ2n) is 3.17. The van der Waals surface area contributed by atoms with Crippen LogP contribution in [0.1, 0.15) is 26.7 Å². The number of nitrogens with zero attached hydrogens (tertiary/aromatic N) is 2. The second kappa shape index (κ2) is 6.06. The van der Waals surface area contributed by atoms with E-state index < -0.39 is 0 Å². The summed E-state index contributed by atoms with van der Waals surface area (Å²) in [5.41, 5.74) is 6.32. The third kappa shape index (κ3) is 3.27. The predicted octanol–water partition coefficient (Wildman–Crippen LogP) is 1.67. The van der Waals surface area contributed by atoms with E-state index in [9.17, 15) is 0 Å². The van der Waals surface area contributed by atoms with Crippen LogP contribution in [0.2, 0.25) is 0 Å². The van der Waals surface area contributed by atoms with Crippen molar-refractivity contribution >= 4 is 11.5 Å². The molecule has 0 amide bonds. The van der Waals surface area contributed by atoms with Crippen LogP contribution in [0.3, 0.4) is 0 Å². The highest BCUT2D eigenvalue weighted by Crippen LogP contribution is 2.24. The lowest BCUT2D eigenvalue weighted by Gasteiger charge is -2.10. The molecule has 0 saturated carbocycles. The van der Waals surface area contributed by atoms with Gasteiger partial charge in [0.1, 0.15) is 12.0 Å². The lowest BCUT2D eigenvalue weighted by molar-refractivity contribution is 0.299. The van der Waals surface area contributed by atoms with Crippen molar-refractivity contribution in [3.05, 3.63) is 6.33 Å². The molecule has 0 aliphatic heterocycles. The highest BCUT2D eigenvalue weighted by molar-refractivity contribution is 5.66. The van der Waals surface area contributed by atoms with Gasteiger partial charge in [0.2, 0.25) is 5.88 Å². The lowest BCUT2D eigenvalue weighted by atomic mass is 10.4. The van der Waals surface area contributed by atoms with Crippen LogP contribution in [0.4, 0.5) is 11.5 Å². The van der Waals surface area contributed by atoms with Gasteiger partial charge in [0.05, 0.1) is 6.61 Å². The number of ether oxygens (including phenoxy) is 1. The van der Waals surface area contributed by atoms with E-state index in [2.05, 4.69) is 22.2 Å². The largest absolute Gasteiger partial charge is 0.476 e. The summed E-state index contributed by atoms with van der Waals surface area (Å²) >= 11 is 0. The van der Waals surface area contributed by atoms with E-state index in [1.54, 1.807) is 0 Å². The average Bonchev–Trinajstić information content (AvgIpc) is 2.24. The molecule has 0 fully saturated rings. The molecule has 0 bridgehead atoms. The maximum absolute atomic E-state index is 5.84. The van der Waals surface area contributed by atoms with Gasteiger partial charge in [-0.1, -0.05) is 13.3 Å². The Bertz CT molecular complexity index is 303. The van der Waals surface area contributed by atoms with Crippen molar-refractivity contribution in [1.29, 1.82) is 0 Å². The lowest BCUT2D eigenvalue weighted by Crippen LogP contribution is -2.08. The van der Waals surface area contributed by atoms with Crippen molar-refractivity contribution in [2.24, 2.45) is 0 Å². The number of anilines is 2. The van der Waals surface area contributed by atoms with Crippen LogP contribution in [0.15, 0.2) is 6.33 Å². The Balaban J connectivity index is 2.66. The molecular formula is C10H18N4O. The van der Waals surface area contributed by atoms with Crippen molar-refractivity contribution in [3.8, 4) is 5.88 Å². The smallest absolute Gasteiger partial charge is 0.242 e. The number of hydrogen-bond acceptors (Lipinski definition) is 5. The topological polar surface area (TPSA) is 73.1 Å².